The van der Waals surface area contributed by atoms with Crippen molar-refractivity contribution in [2.75, 3.05) is 13.1 Å². The molecule has 0 amide bonds. The van der Waals surface area contributed by atoms with E-state index in [4.69, 9.17) is 0 Å². The summed E-state index contributed by atoms with van der Waals surface area (Å²) >= 11 is 0. The summed E-state index contributed by atoms with van der Waals surface area (Å²) in [4.78, 5) is 2.56. The molecule has 1 aromatic rings. The zero-order valence-corrected chi connectivity index (χ0v) is 12.1. The van der Waals surface area contributed by atoms with Crippen molar-refractivity contribution in [2.45, 2.75) is 51.7 Å². The molecule has 19 heavy (non-hydrogen) atoms. The molecule has 0 saturated heterocycles. The van der Waals surface area contributed by atoms with Crippen LogP contribution in [0.4, 0.5) is 0 Å². The van der Waals surface area contributed by atoms with Gasteiger partial charge in [0.05, 0.1) is 0 Å². The van der Waals surface area contributed by atoms with E-state index in [2.05, 4.69) is 41.4 Å². The average Bonchev–Trinajstić information content (AvgIpc) is 2.81. The van der Waals surface area contributed by atoms with E-state index in [0.717, 1.165) is 31.6 Å². The van der Waals surface area contributed by atoms with Gasteiger partial charge in [-0.2, -0.15) is 0 Å². The zero-order chi connectivity index (χ0) is 13.1. The molecule has 1 aromatic carbocycles. The molecule has 1 saturated carbocycles. The van der Waals surface area contributed by atoms with Crippen LogP contribution in [0.25, 0.3) is 0 Å². The van der Waals surface area contributed by atoms with E-state index in [1.807, 2.05) is 0 Å². The second-order valence-electron chi connectivity index (χ2n) is 6.40. The molecule has 1 heterocycles. The van der Waals surface area contributed by atoms with Gasteiger partial charge >= 0.3 is 0 Å². The van der Waals surface area contributed by atoms with Gasteiger partial charge in [0.2, 0.25) is 0 Å². The van der Waals surface area contributed by atoms with Gasteiger partial charge in [-0.05, 0) is 29.9 Å². The highest BCUT2D eigenvalue weighted by Gasteiger charge is 2.20. The molecular formula is C17H26N2. The van der Waals surface area contributed by atoms with Crippen LogP contribution in [-0.4, -0.2) is 24.0 Å². The molecule has 2 atom stereocenters. The molecule has 0 aromatic heterocycles. The van der Waals surface area contributed by atoms with Gasteiger partial charge in [-0.1, -0.05) is 44.0 Å². The van der Waals surface area contributed by atoms with E-state index in [0.29, 0.717) is 0 Å². The Kier molecular flexibility index (Phi) is 4.19. The molecule has 1 N–H and O–H groups in total. The molecule has 0 bridgehead atoms. The zero-order valence-electron chi connectivity index (χ0n) is 12.1. The lowest BCUT2D eigenvalue weighted by molar-refractivity contribution is 0.255. The monoisotopic (exact) mass is 258 g/mol. The SMILES string of the molecule is CC1CCCC(NCCN2Cc3ccccc3C2)C1. The van der Waals surface area contributed by atoms with E-state index in [9.17, 15) is 0 Å². The van der Waals surface area contributed by atoms with E-state index in [1.54, 1.807) is 0 Å². The van der Waals surface area contributed by atoms with Crippen LogP contribution in [-0.2, 0) is 13.1 Å². The van der Waals surface area contributed by atoms with Crippen LogP contribution in [0.3, 0.4) is 0 Å². The third-order valence-electron chi connectivity index (χ3n) is 4.70. The number of fused-ring (bicyclic) bond motifs is 1. The van der Waals surface area contributed by atoms with Crippen LogP contribution in [0.2, 0.25) is 0 Å². The lowest BCUT2D eigenvalue weighted by Crippen LogP contribution is -2.38. The smallest absolute Gasteiger partial charge is 0.0241 e. The van der Waals surface area contributed by atoms with E-state index in [1.165, 1.54) is 43.4 Å². The first-order chi connectivity index (χ1) is 9.31. The summed E-state index contributed by atoms with van der Waals surface area (Å²) in [7, 11) is 0. The van der Waals surface area contributed by atoms with Crippen LogP contribution < -0.4 is 5.32 Å². The summed E-state index contributed by atoms with van der Waals surface area (Å²) in [5.41, 5.74) is 3.04. The van der Waals surface area contributed by atoms with Gasteiger partial charge in [0.15, 0.2) is 0 Å². The van der Waals surface area contributed by atoms with E-state index >= 15 is 0 Å². The number of benzene rings is 1. The summed E-state index contributed by atoms with van der Waals surface area (Å²) in [6, 6.07) is 9.62. The van der Waals surface area contributed by atoms with E-state index in [-0.39, 0.29) is 0 Å². The minimum atomic E-state index is 0.772. The van der Waals surface area contributed by atoms with Gasteiger partial charge in [0.25, 0.3) is 0 Å². The number of nitrogens with one attached hydrogen (secondary N) is 1. The minimum absolute atomic E-state index is 0.772. The van der Waals surface area contributed by atoms with Gasteiger partial charge < -0.3 is 5.32 Å². The van der Waals surface area contributed by atoms with Crippen LogP contribution in [0.1, 0.15) is 43.7 Å². The molecule has 1 aliphatic heterocycles. The summed E-state index contributed by atoms with van der Waals surface area (Å²) in [5, 5.41) is 3.76. The van der Waals surface area contributed by atoms with Gasteiger partial charge in [0.1, 0.15) is 0 Å². The highest BCUT2D eigenvalue weighted by atomic mass is 15.2. The Morgan fingerprint density at radius 2 is 1.89 bits per heavy atom. The van der Waals surface area contributed by atoms with Gasteiger partial charge in [-0.3, -0.25) is 4.90 Å². The fourth-order valence-corrected chi connectivity index (χ4v) is 3.61. The Labute approximate surface area is 117 Å². The Morgan fingerprint density at radius 3 is 2.58 bits per heavy atom. The normalized spacial score (nSPS) is 27.4. The standard InChI is InChI=1S/C17H26N2/c1-14-5-4-8-17(11-14)18-9-10-19-12-15-6-2-3-7-16(15)13-19/h2-3,6-7,14,17-18H,4-5,8-13H2,1H3. The second kappa shape index (κ2) is 6.06. The lowest BCUT2D eigenvalue weighted by Gasteiger charge is -2.28. The fraction of sp³-hybridized carbons (Fsp3) is 0.647. The van der Waals surface area contributed by atoms with Crippen molar-refractivity contribution in [3.63, 3.8) is 0 Å². The van der Waals surface area contributed by atoms with E-state index < -0.39 is 0 Å². The first-order valence-electron chi connectivity index (χ1n) is 7.84. The maximum Gasteiger partial charge on any atom is 0.0241 e. The molecular weight excluding hydrogens is 232 g/mol. The number of rotatable bonds is 4. The molecule has 3 rings (SSSR count). The molecule has 1 fully saturated rings. The predicted octanol–water partition coefficient (Wildman–Crippen LogP) is 3.17. The third-order valence-corrected chi connectivity index (χ3v) is 4.70. The van der Waals surface area contributed by atoms with Crippen LogP contribution in [0.15, 0.2) is 24.3 Å². The molecule has 0 spiro atoms. The number of nitrogens with zero attached hydrogens (tertiary/aromatic N) is 1. The van der Waals surface area contributed by atoms with Gasteiger partial charge in [-0.15, -0.1) is 0 Å². The summed E-state index contributed by atoms with van der Waals surface area (Å²) in [6.45, 7) is 6.99. The van der Waals surface area contributed by atoms with Crippen molar-refractivity contribution >= 4 is 0 Å². The minimum Gasteiger partial charge on any atom is -0.313 e. The summed E-state index contributed by atoms with van der Waals surface area (Å²) in [5.74, 6) is 0.919. The summed E-state index contributed by atoms with van der Waals surface area (Å²) < 4.78 is 0. The molecule has 2 unspecified atom stereocenters. The Hall–Kier alpha value is -0.860. The first kappa shape index (κ1) is 13.1. The van der Waals surface area contributed by atoms with Crippen LogP contribution in [0, 0.1) is 5.92 Å². The molecule has 1 aliphatic carbocycles. The predicted molar refractivity (Wildman–Crippen MR) is 80.0 cm³/mol. The topological polar surface area (TPSA) is 15.3 Å². The molecule has 2 aliphatic rings. The molecule has 0 radical (unpaired) electrons. The fourth-order valence-electron chi connectivity index (χ4n) is 3.61. The van der Waals surface area contributed by atoms with Crippen LogP contribution in [0.5, 0.6) is 0 Å². The van der Waals surface area contributed by atoms with Crippen molar-refractivity contribution in [1.29, 1.82) is 0 Å². The Morgan fingerprint density at radius 1 is 1.16 bits per heavy atom. The van der Waals surface area contributed by atoms with Crippen molar-refractivity contribution in [3.8, 4) is 0 Å². The van der Waals surface area contributed by atoms with Crippen molar-refractivity contribution in [1.82, 2.24) is 10.2 Å². The Bertz CT molecular complexity index is 390. The quantitative estimate of drug-likeness (QED) is 0.892. The highest BCUT2D eigenvalue weighted by molar-refractivity contribution is 5.30. The number of hydrogen-bond donors (Lipinski definition) is 1. The maximum atomic E-state index is 3.76. The number of hydrogen-bond acceptors (Lipinski definition) is 2. The second-order valence-corrected chi connectivity index (χ2v) is 6.40. The lowest BCUT2D eigenvalue weighted by atomic mass is 9.87. The van der Waals surface area contributed by atoms with Crippen molar-refractivity contribution in [3.05, 3.63) is 35.4 Å². The van der Waals surface area contributed by atoms with Crippen molar-refractivity contribution in [2.24, 2.45) is 5.92 Å². The van der Waals surface area contributed by atoms with Gasteiger partial charge in [-0.25, -0.2) is 0 Å². The molecule has 104 valence electrons. The first-order valence-corrected chi connectivity index (χ1v) is 7.84. The van der Waals surface area contributed by atoms with Crippen LogP contribution >= 0.6 is 0 Å². The van der Waals surface area contributed by atoms with Crippen molar-refractivity contribution < 1.29 is 0 Å². The molecule has 2 nitrogen and oxygen atoms in total. The largest absolute Gasteiger partial charge is 0.313 e. The summed E-state index contributed by atoms with van der Waals surface area (Å²) in [6.07, 6.45) is 5.60. The van der Waals surface area contributed by atoms with Gasteiger partial charge in [0, 0.05) is 32.2 Å². The Balaban J connectivity index is 1.40. The molecule has 2 heteroatoms. The average molecular weight is 258 g/mol. The third kappa shape index (κ3) is 3.37. The maximum absolute atomic E-state index is 3.76. The highest BCUT2D eigenvalue weighted by Crippen LogP contribution is 2.24.